The van der Waals surface area contributed by atoms with E-state index in [1.807, 2.05) is 25.1 Å². The molecule has 0 bridgehead atoms. The lowest BCUT2D eigenvalue weighted by molar-refractivity contribution is -0.129. The fourth-order valence-electron chi connectivity index (χ4n) is 2.77. The smallest absolute Gasteiger partial charge is 0.240 e. The van der Waals surface area contributed by atoms with E-state index in [0.29, 0.717) is 13.2 Å². The van der Waals surface area contributed by atoms with Gasteiger partial charge in [0.25, 0.3) is 0 Å². The van der Waals surface area contributed by atoms with Crippen molar-refractivity contribution in [2.75, 3.05) is 13.2 Å². The van der Waals surface area contributed by atoms with Crippen molar-refractivity contribution < 1.29 is 9.53 Å². The molecule has 1 aliphatic rings. The van der Waals surface area contributed by atoms with E-state index in [-0.39, 0.29) is 18.1 Å². The zero-order valence-corrected chi connectivity index (χ0v) is 12.1. The fourth-order valence-corrected chi connectivity index (χ4v) is 2.77. The van der Waals surface area contributed by atoms with E-state index in [2.05, 4.69) is 34.9 Å². The highest BCUT2D eigenvalue weighted by Crippen LogP contribution is 2.18. The van der Waals surface area contributed by atoms with Crippen molar-refractivity contribution in [3.8, 4) is 0 Å². The number of carbonyl (C=O) groups is 1. The Morgan fingerprint density at radius 3 is 2.95 bits per heavy atom. The molecule has 0 radical (unpaired) electrons. The van der Waals surface area contributed by atoms with Gasteiger partial charge in [0.1, 0.15) is 6.04 Å². The van der Waals surface area contributed by atoms with Crippen LogP contribution in [-0.4, -0.2) is 31.2 Å². The first-order valence-corrected chi connectivity index (χ1v) is 7.35. The van der Waals surface area contributed by atoms with Crippen LogP contribution in [0, 0.1) is 0 Å². The highest BCUT2D eigenvalue weighted by atomic mass is 16.5. The van der Waals surface area contributed by atoms with E-state index in [4.69, 9.17) is 4.74 Å². The number of rotatable bonds is 3. The van der Waals surface area contributed by atoms with Gasteiger partial charge in [0.15, 0.2) is 0 Å². The van der Waals surface area contributed by atoms with E-state index in [1.165, 1.54) is 10.8 Å². The molecule has 0 saturated carbocycles. The van der Waals surface area contributed by atoms with Crippen molar-refractivity contribution in [3.63, 3.8) is 0 Å². The third-order valence-corrected chi connectivity index (χ3v) is 3.93. The fraction of sp³-hybridized carbons (Fsp3) is 0.353. The van der Waals surface area contributed by atoms with Crippen molar-refractivity contribution in [3.05, 3.63) is 48.0 Å². The van der Waals surface area contributed by atoms with Crippen LogP contribution >= 0.6 is 0 Å². The number of morpholine rings is 1. The predicted molar refractivity (Wildman–Crippen MR) is 83.0 cm³/mol. The summed E-state index contributed by atoms with van der Waals surface area (Å²) in [6.07, 6.45) is -0.0914. The Kier molecular flexibility index (Phi) is 4.18. The SMILES string of the molecule is C[C@H]1OCCN[C@@H]1C(=O)NCc1cccc2ccccc12. The maximum Gasteiger partial charge on any atom is 0.240 e. The highest BCUT2D eigenvalue weighted by molar-refractivity contribution is 5.87. The zero-order chi connectivity index (χ0) is 14.7. The normalized spacial score (nSPS) is 22.1. The molecule has 1 aliphatic heterocycles. The second kappa shape index (κ2) is 6.24. The number of hydrogen-bond donors (Lipinski definition) is 2. The second-order valence-corrected chi connectivity index (χ2v) is 5.36. The molecule has 0 unspecified atom stereocenters. The summed E-state index contributed by atoms with van der Waals surface area (Å²) >= 11 is 0. The molecular formula is C17H20N2O2. The molecule has 2 aromatic rings. The van der Waals surface area contributed by atoms with E-state index >= 15 is 0 Å². The minimum absolute atomic E-state index is 0.00451. The molecule has 2 atom stereocenters. The lowest BCUT2D eigenvalue weighted by atomic mass is 10.0. The monoisotopic (exact) mass is 284 g/mol. The number of carbonyl (C=O) groups excluding carboxylic acids is 1. The number of hydrogen-bond acceptors (Lipinski definition) is 3. The largest absolute Gasteiger partial charge is 0.375 e. The molecule has 2 N–H and O–H groups in total. The summed E-state index contributed by atoms with van der Waals surface area (Å²) in [6, 6.07) is 14.1. The first-order valence-electron chi connectivity index (χ1n) is 7.35. The summed E-state index contributed by atoms with van der Waals surface area (Å²) in [6.45, 7) is 3.84. The lowest BCUT2D eigenvalue weighted by Crippen LogP contribution is -2.55. The van der Waals surface area contributed by atoms with Crippen LogP contribution in [-0.2, 0) is 16.1 Å². The van der Waals surface area contributed by atoms with Crippen LogP contribution in [0.1, 0.15) is 12.5 Å². The zero-order valence-electron chi connectivity index (χ0n) is 12.1. The summed E-state index contributed by atoms with van der Waals surface area (Å²) in [5.74, 6) is -0.00451. The molecule has 0 aromatic heterocycles. The van der Waals surface area contributed by atoms with E-state index in [1.54, 1.807) is 0 Å². The first-order chi connectivity index (χ1) is 10.3. The van der Waals surface area contributed by atoms with Gasteiger partial charge in [0.2, 0.25) is 5.91 Å². The molecule has 21 heavy (non-hydrogen) atoms. The number of ether oxygens (including phenoxy) is 1. The Hall–Kier alpha value is -1.91. The summed E-state index contributed by atoms with van der Waals surface area (Å²) in [5, 5.41) is 8.59. The Balaban J connectivity index is 1.70. The van der Waals surface area contributed by atoms with Gasteiger partial charge in [0.05, 0.1) is 12.7 Å². The maximum absolute atomic E-state index is 12.3. The third kappa shape index (κ3) is 3.06. The average Bonchev–Trinajstić information content (AvgIpc) is 2.53. The van der Waals surface area contributed by atoms with Gasteiger partial charge < -0.3 is 15.4 Å². The van der Waals surface area contributed by atoms with Gasteiger partial charge in [-0.3, -0.25) is 4.79 Å². The summed E-state index contributed by atoms with van der Waals surface area (Å²) in [7, 11) is 0. The molecule has 110 valence electrons. The van der Waals surface area contributed by atoms with Crippen LogP contribution in [0.2, 0.25) is 0 Å². The van der Waals surface area contributed by atoms with Crippen LogP contribution in [0.5, 0.6) is 0 Å². The van der Waals surface area contributed by atoms with Gasteiger partial charge in [0, 0.05) is 13.1 Å². The third-order valence-electron chi connectivity index (χ3n) is 3.93. The first kappa shape index (κ1) is 14.0. The van der Waals surface area contributed by atoms with Crippen molar-refractivity contribution in [1.82, 2.24) is 10.6 Å². The molecule has 0 aliphatic carbocycles. The van der Waals surface area contributed by atoms with Gasteiger partial charge in [-0.15, -0.1) is 0 Å². The predicted octanol–water partition coefficient (Wildman–Crippen LogP) is 1.83. The van der Waals surface area contributed by atoms with Gasteiger partial charge >= 0.3 is 0 Å². The number of benzene rings is 2. The van der Waals surface area contributed by atoms with Gasteiger partial charge in [-0.25, -0.2) is 0 Å². The van der Waals surface area contributed by atoms with Crippen LogP contribution < -0.4 is 10.6 Å². The minimum Gasteiger partial charge on any atom is -0.375 e. The Morgan fingerprint density at radius 1 is 1.29 bits per heavy atom. The van der Waals surface area contributed by atoms with Gasteiger partial charge in [-0.2, -0.15) is 0 Å². The molecule has 2 aromatic carbocycles. The molecule has 4 heteroatoms. The van der Waals surface area contributed by atoms with Gasteiger partial charge in [-0.05, 0) is 23.3 Å². The number of amides is 1. The number of fused-ring (bicyclic) bond motifs is 1. The van der Waals surface area contributed by atoms with Crippen molar-refractivity contribution in [2.45, 2.75) is 25.6 Å². The lowest BCUT2D eigenvalue weighted by Gasteiger charge is -2.29. The quantitative estimate of drug-likeness (QED) is 0.904. The molecule has 1 heterocycles. The second-order valence-electron chi connectivity index (χ2n) is 5.36. The molecule has 1 fully saturated rings. The van der Waals surface area contributed by atoms with Crippen molar-refractivity contribution in [1.29, 1.82) is 0 Å². The highest BCUT2D eigenvalue weighted by Gasteiger charge is 2.27. The maximum atomic E-state index is 12.3. The van der Waals surface area contributed by atoms with Crippen LogP contribution in [0.4, 0.5) is 0 Å². The Morgan fingerprint density at radius 2 is 2.10 bits per heavy atom. The Labute approximate surface area is 124 Å². The number of nitrogens with one attached hydrogen (secondary N) is 2. The summed E-state index contributed by atoms with van der Waals surface area (Å²) in [5.41, 5.74) is 1.13. The standard InChI is InChI=1S/C17H20N2O2/c1-12-16(18-9-10-21-12)17(20)19-11-14-7-4-6-13-5-2-3-8-15(13)14/h2-8,12,16,18H,9-11H2,1H3,(H,19,20)/t12-,16+/m1/s1. The molecule has 1 amide bonds. The van der Waals surface area contributed by atoms with Crippen LogP contribution in [0.25, 0.3) is 10.8 Å². The van der Waals surface area contributed by atoms with E-state index in [0.717, 1.165) is 12.1 Å². The van der Waals surface area contributed by atoms with Gasteiger partial charge in [-0.1, -0.05) is 42.5 Å². The summed E-state index contributed by atoms with van der Waals surface area (Å²) < 4.78 is 5.51. The molecule has 3 rings (SSSR count). The topological polar surface area (TPSA) is 50.4 Å². The molecule has 4 nitrogen and oxygen atoms in total. The van der Waals surface area contributed by atoms with E-state index in [9.17, 15) is 4.79 Å². The van der Waals surface area contributed by atoms with Crippen LogP contribution in [0.3, 0.4) is 0 Å². The average molecular weight is 284 g/mol. The van der Waals surface area contributed by atoms with Crippen molar-refractivity contribution in [2.24, 2.45) is 0 Å². The molecular weight excluding hydrogens is 264 g/mol. The van der Waals surface area contributed by atoms with E-state index < -0.39 is 0 Å². The van der Waals surface area contributed by atoms with Crippen molar-refractivity contribution >= 4 is 16.7 Å². The minimum atomic E-state index is -0.270. The van der Waals surface area contributed by atoms with Crippen LogP contribution in [0.15, 0.2) is 42.5 Å². The molecule has 1 saturated heterocycles. The Bertz CT molecular complexity index is 636. The summed E-state index contributed by atoms with van der Waals surface area (Å²) in [4.78, 5) is 12.3. The molecule has 0 spiro atoms.